The van der Waals surface area contributed by atoms with Crippen LogP contribution >= 0.6 is 11.3 Å². The van der Waals surface area contributed by atoms with E-state index in [1.807, 2.05) is 0 Å². The molecule has 0 saturated heterocycles. The van der Waals surface area contributed by atoms with Crippen LogP contribution in [0, 0.1) is 17.2 Å². The second-order valence-electron chi connectivity index (χ2n) is 5.47. The number of aromatic amines is 1. The summed E-state index contributed by atoms with van der Waals surface area (Å²) in [5, 5.41) is 12.9. The molecular formula is C15H16N4OS. The standard InChI is InChI=1S/C15H16N4OS/c1-8-2-3-10-11(6-16)15(21-13(10)4-8)19-14(20)12-5-9(17)7-18-12/h5,7-8,18H,2-4,17H2,1H3,(H,19,20). The van der Waals surface area contributed by atoms with Gasteiger partial charge in [-0.25, -0.2) is 0 Å². The molecule has 2 aromatic rings. The summed E-state index contributed by atoms with van der Waals surface area (Å²) in [4.78, 5) is 16.2. The van der Waals surface area contributed by atoms with Crippen LogP contribution in [0.5, 0.6) is 0 Å². The molecule has 1 aliphatic carbocycles. The van der Waals surface area contributed by atoms with E-state index >= 15 is 0 Å². The molecule has 0 radical (unpaired) electrons. The highest BCUT2D eigenvalue weighted by molar-refractivity contribution is 7.16. The molecule has 1 unspecified atom stereocenters. The van der Waals surface area contributed by atoms with Crippen LogP contribution in [0.2, 0.25) is 0 Å². The Kier molecular flexibility index (Phi) is 3.43. The molecule has 21 heavy (non-hydrogen) atoms. The first-order valence-electron chi connectivity index (χ1n) is 6.88. The number of nitrogen functional groups attached to an aromatic ring is 1. The van der Waals surface area contributed by atoms with Crippen molar-refractivity contribution in [3.63, 3.8) is 0 Å². The summed E-state index contributed by atoms with van der Waals surface area (Å²) in [7, 11) is 0. The third-order valence-electron chi connectivity index (χ3n) is 3.80. The normalized spacial score (nSPS) is 17.0. The first kappa shape index (κ1) is 13.7. The molecule has 0 spiro atoms. The molecule has 1 amide bonds. The lowest BCUT2D eigenvalue weighted by atomic mass is 9.89. The minimum Gasteiger partial charge on any atom is -0.397 e. The minimum absolute atomic E-state index is 0.269. The van der Waals surface area contributed by atoms with Crippen molar-refractivity contribution >= 4 is 27.9 Å². The van der Waals surface area contributed by atoms with Gasteiger partial charge in [0.15, 0.2) is 0 Å². The highest BCUT2D eigenvalue weighted by atomic mass is 32.1. The minimum atomic E-state index is -0.269. The highest BCUT2D eigenvalue weighted by Crippen LogP contribution is 2.39. The van der Waals surface area contributed by atoms with Crippen molar-refractivity contribution in [3.05, 3.63) is 34.0 Å². The summed E-state index contributed by atoms with van der Waals surface area (Å²) in [6.07, 6.45) is 4.57. The third kappa shape index (κ3) is 2.52. The number of hydrogen-bond acceptors (Lipinski definition) is 4. The number of anilines is 2. The Morgan fingerprint density at radius 1 is 1.62 bits per heavy atom. The number of nitrogens with zero attached hydrogens (tertiary/aromatic N) is 1. The van der Waals surface area contributed by atoms with Gasteiger partial charge in [0.2, 0.25) is 0 Å². The Bertz CT molecular complexity index is 737. The van der Waals surface area contributed by atoms with E-state index in [9.17, 15) is 10.1 Å². The van der Waals surface area contributed by atoms with E-state index in [1.165, 1.54) is 16.2 Å². The van der Waals surface area contributed by atoms with Crippen LogP contribution in [0.1, 0.15) is 39.8 Å². The molecular weight excluding hydrogens is 284 g/mol. The van der Waals surface area contributed by atoms with E-state index in [0.717, 1.165) is 24.8 Å². The largest absolute Gasteiger partial charge is 0.397 e. The van der Waals surface area contributed by atoms with Crippen molar-refractivity contribution in [3.8, 4) is 6.07 Å². The van der Waals surface area contributed by atoms with Crippen LogP contribution in [-0.2, 0) is 12.8 Å². The second-order valence-corrected chi connectivity index (χ2v) is 6.57. The molecule has 4 N–H and O–H groups in total. The molecule has 6 heteroatoms. The Balaban J connectivity index is 1.89. The summed E-state index contributed by atoms with van der Waals surface area (Å²) in [6.45, 7) is 2.22. The monoisotopic (exact) mass is 300 g/mol. The quantitative estimate of drug-likeness (QED) is 0.795. The van der Waals surface area contributed by atoms with Gasteiger partial charge >= 0.3 is 0 Å². The molecule has 108 valence electrons. The maximum Gasteiger partial charge on any atom is 0.272 e. The van der Waals surface area contributed by atoms with Gasteiger partial charge in [0.25, 0.3) is 5.91 Å². The predicted octanol–water partition coefficient (Wildman–Crippen LogP) is 2.91. The lowest BCUT2D eigenvalue weighted by molar-refractivity contribution is 0.102. The van der Waals surface area contributed by atoms with Crippen molar-refractivity contribution < 1.29 is 4.79 Å². The van der Waals surface area contributed by atoms with E-state index in [2.05, 4.69) is 23.3 Å². The highest BCUT2D eigenvalue weighted by Gasteiger charge is 2.25. The molecule has 2 aromatic heterocycles. The fourth-order valence-corrected chi connectivity index (χ4v) is 4.03. The molecule has 0 saturated carbocycles. The SMILES string of the molecule is CC1CCc2c(sc(NC(=O)c3cc(N)c[nH]3)c2C#N)C1. The number of hydrogen-bond donors (Lipinski definition) is 3. The van der Waals surface area contributed by atoms with Gasteiger partial charge in [-0.1, -0.05) is 6.92 Å². The maximum atomic E-state index is 12.2. The Morgan fingerprint density at radius 2 is 2.43 bits per heavy atom. The Labute approximate surface area is 126 Å². The number of carbonyl (C=O) groups is 1. The van der Waals surface area contributed by atoms with Gasteiger partial charge in [0.05, 0.1) is 5.56 Å². The molecule has 1 aliphatic rings. The van der Waals surface area contributed by atoms with Crippen molar-refractivity contribution in [2.75, 3.05) is 11.1 Å². The zero-order valence-electron chi connectivity index (χ0n) is 11.7. The van der Waals surface area contributed by atoms with E-state index in [1.54, 1.807) is 12.3 Å². The van der Waals surface area contributed by atoms with Gasteiger partial charge < -0.3 is 16.0 Å². The van der Waals surface area contributed by atoms with E-state index < -0.39 is 0 Å². The molecule has 5 nitrogen and oxygen atoms in total. The van der Waals surface area contributed by atoms with Crippen LogP contribution in [0.4, 0.5) is 10.7 Å². The number of thiophene rings is 1. The average Bonchev–Trinajstić information content (AvgIpc) is 3.01. The number of nitrogens with one attached hydrogen (secondary N) is 2. The summed E-state index contributed by atoms with van der Waals surface area (Å²) in [6, 6.07) is 3.82. The number of H-pyrrole nitrogens is 1. The van der Waals surface area contributed by atoms with Gasteiger partial charge in [0.1, 0.15) is 16.8 Å². The van der Waals surface area contributed by atoms with Crippen molar-refractivity contribution in [1.29, 1.82) is 5.26 Å². The van der Waals surface area contributed by atoms with Gasteiger partial charge in [0, 0.05) is 16.8 Å². The molecule has 0 fully saturated rings. The smallest absolute Gasteiger partial charge is 0.272 e. The fraction of sp³-hybridized carbons (Fsp3) is 0.333. The van der Waals surface area contributed by atoms with Gasteiger partial charge in [-0.3, -0.25) is 4.79 Å². The summed E-state index contributed by atoms with van der Waals surface area (Å²) in [5.41, 5.74) is 8.25. The number of aromatic nitrogens is 1. The van der Waals surface area contributed by atoms with Crippen molar-refractivity contribution in [2.24, 2.45) is 5.92 Å². The van der Waals surface area contributed by atoms with Gasteiger partial charge in [-0.15, -0.1) is 11.3 Å². The van der Waals surface area contributed by atoms with Crippen LogP contribution < -0.4 is 11.1 Å². The second kappa shape index (κ2) is 5.26. The topological polar surface area (TPSA) is 94.7 Å². The molecule has 3 rings (SSSR count). The van der Waals surface area contributed by atoms with Crippen LogP contribution in [0.15, 0.2) is 12.3 Å². The van der Waals surface area contributed by atoms with Gasteiger partial charge in [-0.05, 0) is 36.8 Å². The number of rotatable bonds is 2. The summed E-state index contributed by atoms with van der Waals surface area (Å²) < 4.78 is 0. The predicted molar refractivity (Wildman–Crippen MR) is 83.4 cm³/mol. The van der Waals surface area contributed by atoms with Crippen LogP contribution in [0.25, 0.3) is 0 Å². The zero-order chi connectivity index (χ0) is 15.0. The average molecular weight is 300 g/mol. The summed E-state index contributed by atoms with van der Waals surface area (Å²) in [5.74, 6) is 0.365. The molecule has 0 aromatic carbocycles. The molecule has 1 atom stereocenters. The fourth-order valence-electron chi connectivity index (χ4n) is 2.67. The van der Waals surface area contributed by atoms with Crippen LogP contribution in [0.3, 0.4) is 0 Å². The first-order chi connectivity index (χ1) is 10.1. The van der Waals surface area contributed by atoms with Crippen molar-refractivity contribution in [1.82, 2.24) is 4.98 Å². The lowest BCUT2D eigenvalue weighted by Gasteiger charge is -2.17. The number of nitriles is 1. The van der Waals surface area contributed by atoms with E-state index in [-0.39, 0.29) is 5.91 Å². The van der Waals surface area contributed by atoms with E-state index in [0.29, 0.717) is 27.9 Å². The number of amides is 1. The molecule has 0 bridgehead atoms. The first-order valence-corrected chi connectivity index (χ1v) is 7.70. The third-order valence-corrected chi connectivity index (χ3v) is 4.97. The zero-order valence-corrected chi connectivity index (χ0v) is 12.5. The van der Waals surface area contributed by atoms with Crippen LogP contribution in [-0.4, -0.2) is 10.9 Å². The Hall–Kier alpha value is -2.26. The molecule has 2 heterocycles. The van der Waals surface area contributed by atoms with Gasteiger partial charge in [-0.2, -0.15) is 5.26 Å². The summed E-state index contributed by atoms with van der Waals surface area (Å²) >= 11 is 1.52. The lowest BCUT2D eigenvalue weighted by Crippen LogP contribution is -2.12. The number of carbonyl (C=O) groups excluding carboxylic acids is 1. The Morgan fingerprint density at radius 3 is 3.10 bits per heavy atom. The van der Waals surface area contributed by atoms with E-state index in [4.69, 9.17) is 5.73 Å². The van der Waals surface area contributed by atoms with Crippen molar-refractivity contribution in [2.45, 2.75) is 26.2 Å². The maximum absolute atomic E-state index is 12.2. The number of fused-ring (bicyclic) bond motifs is 1. The number of nitrogens with two attached hydrogens (primary N) is 1. The molecule has 0 aliphatic heterocycles.